The van der Waals surface area contributed by atoms with Crippen LogP contribution in [0.5, 0.6) is 11.5 Å². The minimum absolute atomic E-state index is 0.148. The second kappa shape index (κ2) is 9.53. The first-order valence-electron chi connectivity index (χ1n) is 9.97. The van der Waals surface area contributed by atoms with Crippen LogP contribution < -0.4 is 14.8 Å². The number of hydrogen-bond acceptors (Lipinski definition) is 3. The number of hydrogen-bond donors (Lipinski definition) is 1. The fraction of sp³-hybridized carbons (Fsp3) is 0.458. The first kappa shape index (κ1) is 23.1. The third kappa shape index (κ3) is 5.45. The third-order valence-electron chi connectivity index (χ3n) is 5.16. The number of halogens is 1. The van der Waals surface area contributed by atoms with Crippen LogP contribution >= 0.6 is 11.6 Å². The molecule has 0 spiro atoms. The van der Waals surface area contributed by atoms with Gasteiger partial charge in [0.05, 0.1) is 13.2 Å². The van der Waals surface area contributed by atoms with Crippen molar-refractivity contribution in [3.05, 3.63) is 57.1 Å². The summed E-state index contributed by atoms with van der Waals surface area (Å²) in [4.78, 5) is 12.7. The number of methoxy groups -OCH3 is 1. The van der Waals surface area contributed by atoms with Gasteiger partial charge >= 0.3 is 0 Å². The quantitative estimate of drug-likeness (QED) is 0.597. The number of rotatable bonds is 7. The summed E-state index contributed by atoms with van der Waals surface area (Å²) < 4.78 is 11.4. The van der Waals surface area contributed by atoms with Crippen molar-refractivity contribution >= 4 is 17.5 Å². The lowest BCUT2D eigenvalue weighted by molar-refractivity contribution is -0.127. The minimum atomic E-state index is -0.624. The van der Waals surface area contributed by atoms with Crippen molar-refractivity contribution in [2.24, 2.45) is 0 Å². The molecular formula is C24H32ClNO3. The minimum Gasteiger partial charge on any atom is -0.496 e. The molecule has 0 saturated carbocycles. The van der Waals surface area contributed by atoms with Crippen LogP contribution in [0.2, 0.25) is 5.02 Å². The molecule has 5 heteroatoms. The lowest BCUT2D eigenvalue weighted by Crippen LogP contribution is -2.38. The molecule has 158 valence electrons. The van der Waals surface area contributed by atoms with Gasteiger partial charge in [0, 0.05) is 5.02 Å². The Balaban J connectivity index is 2.15. The van der Waals surface area contributed by atoms with E-state index in [2.05, 4.69) is 25.2 Å². The fourth-order valence-electron chi connectivity index (χ4n) is 3.45. The molecule has 0 aliphatic rings. The Kier molecular flexibility index (Phi) is 7.59. The Morgan fingerprint density at radius 1 is 0.931 bits per heavy atom. The topological polar surface area (TPSA) is 47.6 Å². The van der Waals surface area contributed by atoms with Crippen LogP contribution in [0.1, 0.15) is 67.5 Å². The van der Waals surface area contributed by atoms with E-state index in [1.807, 2.05) is 45.9 Å². The highest BCUT2D eigenvalue weighted by Gasteiger charge is 2.21. The van der Waals surface area contributed by atoms with Gasteiger partial charge in [0.2, 0.25) is 0 Å². The molecule has 29 heavy (non-hydrogen) atoms. The second-order valence-corrected chi connectivity index (χ2v) is 8.34. The highest BCUT2D eigenvalue weighted by molar-refractivity contribution is 6.32. The summed E-state index contributed by atoms with van der Waals surface area (Å²) in [6.07, 6.45) is -0.624. The molecule has 1 N–H and O–H groups in total. The SMILES string of the molecule is COc1cc(C)c([C@H](C)NC(=O)[C@@H](C)Oc2cc(C)c(Cl)c(C)c2)cc1C(C)C. The summed E-state index contributed by atoms with van der Waals surface area (Å²) in [6.45, 7) is 13.9. The lowest BCUT2D eigenvalue weighted by Gasteiger charge is -2.23. The summed E-state index contributed by atoms with van der Waals surface area (Å²) in [5.74, 6) is 1.68. The van der Waals surface area contributed by atoms with Gasteiger partial charge in [-0.15, -0.1) is 0 Å². The van der Waals surface area contributed by atoms with Crippen LogP contribution in [0, 0.1) is 20.8 Å². The van der Waals surface area contributed by atoms with E-state index < -0.39 is 6.10 Å². The van der Waals surface area contributed by atoms with Crippen molar-refractivity contribution in [1.82, 2.24) is 5.32 Å². The maximum Gasteiger partial charge on any atom is 0.261 e. The molecule has 0 heterocycles. The molecule has 0 saturated heterocycles. The lowest BCUT2D eigenvalue weighted by atomic mass is 9.93. The number of carbonyl (C=O) groups is 1. The van der Waals surface area contributed by atoms with Crippen LogP contribution in [0.4, 0.5) is 0 Å². The second-order valence-electron chi connectivity index (χ2n) is 7.97. The van der Waals surface area contributed by atoms with Crippen molar-refractivity contribution in [3.8, 4) is 11.5 Å². The third-order valence-corrected chi connectivity index (χ3v) is 5.75. The van der Waals surface area contributed by atoms with E-state index in [0.717, 1.165) is 38.6 Å². The monoisotopic (exact) mass is 417 g/mol. The Bertz CT molecular complexity index is 869. The number of carbonyl (C=O) groups excluding carboxylic acids is 1. The van der Waals surface area contributed by atoms with Gasteiger partial charge in [-0.05, 0) is 92.6 Å². The molecule has 2 atom stereocenters. The summed E-state index contributed by atoms with van der Waals surface area (Å²) in [7, 11) is 1.69. The van der Waals surface area contributed by atoms with E-state index >= 15 is 0 Å². The zero-order valence-electron chi connectivity index (χ0n) is 18.6. The zero-order chi connectivity index (χ0) is 21.9. The average Bonchev–Trinajstić information content (AvgIpc) is 2.65. The molecule has 0 bridgehead atoms. The summed E-state index contributed by atoms with van der Waals surface area (Å²) in [6, 6.07) is 7.72. The number of nitrogens with one attached hydrogen (secondary N) is 1. The van der Waals surface area contributed by atoms with E-state index in [1.54, 1.807) is 14.0 Å². The summed E-state index contributed by atoms with van der Waals surface area (Å²) in [5, 5.41) is 3.79. The first-order chi connectivity index (χ1) is 13.5. The molecule has 0 unspecified atom stereocenters. The molecule has 0 aliphatic heterocycles. The maximum atomic E-state index is 12.7. The van der Waals surface area contributed by atoms with Crippen molar-refractivity contribution < 1.29 is 14.3 Å². The summed E-state index contributed by atoms with van der Waals surface area (Å²) >= 11 is 6.21. The molecule has 4 nitrogen and oxygen atoms in total. The average molecular weight is 418 g/mol. The fourth-order valence-corrected chi connectivity index (χ4v) is 3.56. The highest BCUT2D eigenvalue weighted by atomic mass is 35.5. The van der Waals surface area contributed by atoms with E-state index in [0.29, 0.717) is 11.7 Å². The van der Waals surface area contributed by atoms with Gasteiger partial charge in [-0.2, -0.15) is 0 Å². The van der Waals surface area contributed by atoms with Gasteiger partial charge < -0.3 is 14.8 Å². The Labute approximate surface area is 179 Å². The summed E-state index contributed by atoms with van der Waals surface area (Å²) in [5.41, 5.74) is 5.14. The van der Waals surface area contributed by atoms with Crippen molar-refractivity contribution in [1.29, 1.82) is 0 Å². The molecular weight excluding hydrogens is 386 g/mol. The van der Waals surface area contributed by atoms with Gasteiger partial charge in [0.15, 0.2) is 6.10 Å². The Morgan fingerprint density at radius 3 is 2.03 bits per heavy atom. The van der Waals surface area contributed by atoms with Gasteiger partial charge in [-0.3, -0.25) is 4.79 Å². The van der Waals surface area contributed by atoms with Crippen LogP contribution in [0.15, 0.2) is 24.3 Å². The first-order valence-corrected chi connectivity index (χ1v) is 10.3. The number of aryl methyl sites for hydroxylation is 3. The molecule has 0 fully saturated rings. The zero-order valence-corrected chi connectivity index (χ0v) is 19.4. The maximum absolute atomic E-state index is 12.7. The van der Waals surface area contributed by atoms with E-state index in [1.165, 1.54) is 0 Å². The standard InChI is InChI=1S/C24H32ClNO3/c1-13(2)20-12-21(14(3)11-22(20)28-8)17(6)26-24(27)18(7)29-19-9-15(4)23(25)16(5)10-19/h9-13,17-18H,1-8H3,(H,26,27)/t17-,18+/m0/s1. The number of benzene rings is 2. The van der Waals surface area contributed by atoms with Crippen LogP contribution in [0.3, 0.4) is 0 Å². The van der Waals surface area contributed by atoms with E-state index in [-0.39, 0.29) is 11.9 Å². The molecule has 2 aromatic rings. The van der Waals surface area contributed by atoms with Crippen molar-refractivity contribution in [2.75, 3.05) is 7.11 Å². The molecule has 1 amide bonds. The van der Waals surface area contributed by atoms with E-state index in [4.69, 9.17) is 21.1 Å². The molecule has 2 rings (SSSR count). The molecule has 0 aliphatic carbocycles. The largest absolute Gasteiger partial charge is 0.496 e. The van der Waals surface area contributed by atoms with Gasteiger partial charge in [0.25, 0.3) is 5.91 Å². The van der Waals surface area contributed by atoms with Crippen LogP contribution in [-0.2, 0) is 4.79 Å². The highest BCUT2D eigenvalue weighted by Crippen LogP contribution is 2.32. The number of ether oxygens (including phenoxy) is 2. The molecule has 0 radical (unpaired) electrons. The van der Waals surface area contributed by atoms with E-state index in [9.17, 15) is 4.79 Å². The van der Waals surface area contributed by atoms with Gasteiger partial charge in [0.1, 0.15) is 11.5 Å². The van der Waals surface area contributed by atoms with Gasteiger partial charge in [-0.25, -0.2) is 0 Å². The predicted octanol–water partition coefficient (Wildman–Crippen LogP) is 6.04. The van der Waals surface area contributed by atoms with Crippen molar-refractivity contribution in [3.63, 3.8) is 0 Å². The van der Waals surface area contributed by atoms with Crippen molar-refractivity contribution in [2.45, 2.75) is 66.5 Å². The van der Waals surface area contributed by atoms with Crippen LogP contribution in [-0.4, -0.2) is 19.1 Å². The molecule has 2 aromatic carbocycles. The smallest absolute Gasteiger partial charge is 0.261 e. The Hall–Kier alpha value is -2.20. The van der Waals surface area contributed by atoms with Gasteiger partial charge in [-0.1, -0.05) is 25.4 Å². The predicted molar refractivity (Wildman–Crippen MR) is 119 cm³/mol. The van der Waals surface area contributed by atoms with Crippen LogP contribution in [0.25, 0.3) is 0 Å². The Morgan fingerprint density at radius 2 is 1.52 bits per heavy atom. The normalized spacial score (nSPS) is 13.2. The number of amides is 1. The molecule has 0 aromatic heterocycles.